The quantitative estimate of drug-likeness (QED) is 0.847. The number of benzene rings is 1. The minimum atomic E-state index is 0.252. The third-order valence-corrected chi connectivity index (χ3v) is 3.14. The number of para-hydroxylation sites is 1. The van der Waals surface area contributed by atoms with Crippen LogP contribution in [0.3, 0.4) is 0 Å². The summed E-state index contributed by atoms with van der Waals surface area (Å²) in [7, 11) is 0. The molecule has 2 aromatic rings. The number of halogens is 2. The van der Waals surface area contributed by atoms with Crippen molar-refractivity contribution in [3.63, 3.8) is 0 Å². The van der Waals surface area contributed by atoms with Crippen LogP contribution in [0, 0.1) is 0 Å². The fourth-order valence-electron chi connectivity index (χ4n) is 1.38. The molecule has 1 aromatic carbocycles. The molecule has 5 heteroatoms. The highest BCUT2D eigenvalue weighted by Gasteiger charge is 2.04. The molecule has 17 heavy (non-hydrogen) atoms. The van der Waals surface area contributed by atoms with Gasteiger partial charge in [0.05, 0.1) is 16.4 Å². The minimum absolute atomic E-state index is 0.252. The van der Waals surface area contributed by atoms with Crippen LogP contribution in [0.4, 0.5) is 5.69 Å². The van der Waals surface area contributed by atoms with Crippen molar-refractivity contribution in [2.24, 2.45) is 0 Å². The van der Waals surface area contributed by atoms with Crippen molar-refractivity contribution >= 4 is 33.2 Å². The Labute approximate surface area is 113 Å². The number of aromatic hydroxyl groups is 1. The molecule has 0 amide bonds. The van der Waals surface area contributed by atoms with E-state index in [-0.39, 0.29) is 5.75 Å². The first-order valence-corrected chi connectivity index (χ1v) is 6.15. The number of phenolic OH excluding ortho intramolecular Hbond substituents is 1. The summed E-state index contributed by atoms with van der Waals surface area (Å²) < 4.78 is 0.686. The van der Waals surface area contributed by atoms with E-state index in [2.05, 4.69) is 26.2 Å². The molecule has 0 aliphatic heterocycles. The van der Waals surface area contributed by atoms with Crippen LogP contribution >= 0.6 is 27.5 Å². The zero-order chi connectivity index (χ0) is 12.3. The van der Waals surface area contributed by atoms with Crippen LogP contribution in [-0.2, 0) is 6.54 Å². The molecular formula is C12H10BrClN2O. The molecule has 3 nitrogen and oxygen atoms in total. The smallest absolute Gasteiger partial charge is 0.134 e. The summed E-state index contributed by atoms with van der Waals surface area (Å²) in [5.41, 5.74) is 1.67. The van der Waals surface area contributed by atoms with E-state index < -0.39 is 0 Å². The molecule has 0 spiro atoms. The number of nitrogens with zero attached hydrogens (tertiary/aromatic N) is 1. The van der Waals surface area contributed by atoms with Gasteiger partial charge in [-0.25, -0.2) is 4.98 Å². The number of hydrogen-bond donors (Lipinski definition) is 2. The van der Waals surface area contributed by atoms with Gasteiger partial charge < -0.3 is 10.4 Å². The highest BCUT2D eigenvalue weighted by atomic mass is 79.9. The van der Waals surface area contributed by atoms with Gasteiger partial charge in [0.1, 0.15) is 10.9 Å². The summed E-state index contributed by atoms with van der Waals surface area (Å²) in [5, 5.41) is 13.4. The number of aromatic nitrogens is 1. The maximum Gasteiger partial charge on any atom is 0.134 e. The first-order chi connectivity index (χ1) is 8.16. The zero-order valence-electron chi connectivity index (χ0n) is 8.82. The van der Waals surface area contributed by atoms with E-state index in [1.54, 1.807) is 18.3 Å². The predicted molar refractivity (Wildman–Crippen MR) is 72.4 cm³/mol. The van der Waals surface area contributed by atoms with E-state index in [1.165, 1.54) is 0 Å². The van der Waals surface area contributed by atoms with Gasteiger partial charge >= 0.3 is 0 Å². The standard InChI is InChI=1S/C12H10BrClN2O/c13-10-3-1-2-8(12(10)17)6-15-9-4-5-11(14)16-7-9/h1-5,7,15,17H,6H2. The number of nitrogens with one attached hydrogen (secondary N) is 1. The molecule has 1 aromatic heterocycles. The summed E-state index contributed by atoms with van der Waals surface area (Å²) in [6, 6.07) is 9.08. The number of anilines is 1. The Bertz CT molecular complexity index is 516. The molecule has 88 valence electrons. The van der Waals surface area contributed by atoms with Gasteiger partial charge in [0.15, 0.2) is 0 Å². The van der Waals surface area contributed by atoms with Crippen LogP contribution in [0.15, 0.2) is 41.0 Å². The lowest BCUT2D eigenvalue weighted by atomic mass is 10.2. The van der Waals surface area contributed by atoms with E-state index in [1.807, 2.05) is 18.2 Å². The predicted octanol–water partition coefficient (Wildman–Crippen LogP) is 3.82. The van der Waals surface area contributed by atoms with E-state index >= 15 is 0 Å². The van der Waals surface area contributed by atoms with Crippen molar-refractivity contribution < 1.29 is 5.11 Å². The molecular weight excluding hydrogens is 304 g/mol. The second-order valence-corrected chi connectivity index (χ2v) is 4.71. The van der Waals surface area contributed by atoms with Crippen LogP contribution in [0.1, 0.15) is 5.56 Å². The van der Waals surface area contributed by atoms with Crippen molar-refractivity contribution in [1.82, 2.24) is 4.98 Å². The third kappa shape index (κ3) is 3.11. The van der Waals surface area contributed by atoms with Gasteiger partial charge in [0.25, 0.3) is 0 Å². The van der Waals surface area contributed by atoms with Crippen LogP contribution in [-0.4, -0.2) is 10.1 Å². The molecule has 0 radical (unpaired) electrons. The van der Waals surface area contributed by atoms with Gasteiger partial charge in [-0.15, -0.1) is 0 Å². The SMILES string of the molecule is Oc1c(Br)cccc1CNc1ccc(Cl)nc1. The number of rotatable bonds is 3. The molecule has 2 N–H and O–H groups in total. The molecule has 0 saturated heterocycles. The average Bonchev–Trinajstić information content (AvgIpc) is 2.33. The van der Waals surface area contributed by atoms with Crippen LogP contribution in [0.2, 0.25) is 5.15 Å². The monoisotopic (exact) mass is 312 g/mol. The summed E-state index contributed by atoms with van der Waals surface area (Å²) in [6.45, 7) is 0.522. The van der Waals surface area contributed by atoms with Crippen molar-refractivity contribution in [2.75, 3.05) is 5.32 Å². The van der Waals surface area contributed by atoms with Gasteiger partial charge in [-0.3, -0.25) is 0 Å². The Balaban J connectivity index is 2.07. The fraction of sp³-hybridized carbons (Fsp3) is 0.0833. The lowest BCUT2D eigenvalue weighted by molar-refractivity contribution is 0.465. The minimum Gasteiger partial charge on any atom is -0.506 e. The lowest BCUT2D eigenvalue weighted by Crippen LogP contribution is -2.00. The first kappa shape index (κ1) is 12.2. The highest BCUT2D eigenvalue weighted by Crippen LogP contribution is 2.27. The topological polar surface area (TPSA) is 45.1 Å². The third-order valence-electron chi connectivity index (χ3n) is 2.28. The van der Waals surface area contributed by atoms with Crippen LogP contribution in [0.5, 0.6) is 5.75 Å². The van der Waals surface area contributed by atoms with Gasteiger partial charge in [0, 0.05) is 12.1 Å². The summed E-state index contributed by atoms with van der Waals surface area (Å²) in [4.78, 5) is 3.96. The first-order valence-electron chi connectivity index (χ1n) is 4.98. The molecule has 0 atom stereocenters. The normalized spacial score (nSPS) is 10.2. The summed E-state index contributed by atoms with van der Waals surface area (Å²) >= 11 is 8.96. The fourth-order valence-corrected chi connectivity index (χ4v) is 1.90. The van der Waals surface area contributed by atoms with Gasteiger partial charge in [0.2, 0.25) is 0 Å². The largest absolute Gasteiger partial charge is 0.506 e. The Morgan fingerprint density at radius 2 is 2.12 bits per heavy atom. The maximum atomic E-state index is 9.80. The molecule has 0 unspecified atom stereocenters. The summed E-state index contributed by atoms with van der Waals surface area (Å²) in [6.07, 6.45) is 1.65. The molecule has 0 bridgehead atoms. The zero-order valence-corrected chi connectivity index (χ0v) is 11.2. The highest BCUT2D eigenvalue weighted by molar-refractivity contribution is 9.10. The van der Waals surface area contributed by atoms with E-state index in [9.17, 15) is 5.11 Å². The van der Waals surface area contributed by atoms with Gasteiger partial charge in [-0.05, 0) is 34.1 Å². The number of hydrogen-bond acceptors (Lipinski definition) is 3. The van der Waals surface area contributed by atoms with E-state index in [0.29, 0.717) is 16.2 Å². The molecule has 2 rings (SSSR count). The molecule has 0 fully saturated rings. The van der Waals surface area contributed by atoms with Crippen LogP contribution < -0.4 is 5.32 Å². The Kier molecular flexibility index (Phi) is 3.86. The second-order valence-electron chi connectivity index (χ2n) is 3.47. The summed E-state index contributed by atoms with van der Waals surface area (Å²) in [5.74, 6) is 0.252. The van der Waals surface area contributed by atoms with Crippen molar-refractivity contribution in [1.29, 1.82) is 0 Å². The lowest BCUT2D eigenvalue weighted by Gasteiger charge is -2.08. The van der Waals surface area contributed by atoms with E-state index in [0.717, 1.165) is 11.3 Å². The van der Waals surface area contributed by atoms with Crippen LogP contribution in [0.25, 0.3) is 0 Å². The van der Waals surface area contributed by atoms with Crippen molar-refractivity contribution in [3.05, 3.63) is 51.7 Å². The van der Waals surface area contributed by atoms with Crippen molar-refractivity contribution in [3.8, 4) is 5.75 Å². The Hall–Kier alpha value is -1.26. The molecule has 0 aliphatic carbocycles. The maximum absolute atomic E-state index is 9.80. The Morgan fingerprint density at radius 1 is 1.29 bits per heavy atom. The molecule has 0 saturated carbocycles. The Morgan fingerprint density at radius 3 is 2.82 bits per heavy atom. The average molecular weight is 314 g/mol. The molecule has 0 aliphatic rings. The number of phenols is 1. The number of pyridine rings is 1. The van der Waals surface area contributed by atoms with Gasteiger partial charge in [-0.1, -0.05) is 23.7 Å². The molecule has 1 heterocycles. The van der Waals surface area contributed by atoms with Crippen molar-refractivity contribution in [2.45, 2.75) is 6.54 Å². The second kappa shape index (κ2) is 5.38. The van der Waals surface area contributed by atoms with E-state index in [4.69, 9.17) is 11.6 Å². The van der Waals surface area contributed by atoms with Gasteiger partial charge in [-0.2, -0.15) is 0 Å².